The van der Waals surface area contributed by atoms with Crippen LogP contribution in [0.3, 0.4) is 0 Å². The summed E-state index contributed by atoms with van der Waals surface area (Å²) in [6.07, 6.45) is 0.192. The molecule has 0 aromatic carbocycles. The molecule has 1 atom stereocenters. The van der Waals surface area contributed by atoms with Crippen molar-refractivity contribution in [3.63, 3.8) is 0 Å². The predicted molar refractivity (Wildman–Crippen MR) is 32.1 cm³/mol. The standard InChI is InChI=1S/C4H6O3.CH5N/c5-4(6)1-3-2-7-3;1-2/h3H,1-2H2,(H,5,6);2H2,1H3. The number of epoxide rings is 1. The lowest BCUT2D eigenvalue weighted by Crippen LogP contribution is -1.98. The molecule has 1 aliphatic rings. The summed E-state index contributed by atoms with van der Waals surface area (Å²) in [6.45, 7) is 0.631. The first-order chi connectivity index (χ1) is 4.29. The van der Waals surface area contributed by atoms with Crippen molar-refractivity contribution >= 4 is 5.97 Å². The Balaban J connectivity index is 0.000000291. The van der Waals surface area contributed by atoms with Gasteiger partial charge in [-0.05, 0) is 7.05 Å². The number of aliphatic carboxylic acids is 1. The van der Waals surface area contributed by atoms with Gasteiger partial charge in [-0.1, -0.05) is 0 Å². The number of hydrogen-bond acceptors (Lipinski definition) is 3. The van der Waals surface area contributed by atoms with Gasteiger partial charge in [-0.25, -0.2) is 0 Å². The van der Waals surface area contributed by atoms with Crippen molar-refractivity contribution in [2.45, 2.75) is 12.5 Å². The van der Waals surface area contributed by atoms with Crippen LogP contribution in [0.4, 0.5) is 0 Å². The van der Waals surface area contributed by atoms with Crippen LogP contribution in [0, 0.1) is 0 Å². The zero-order valence-corrected chi connectivity index (χ0v) is 5.33. The molecular weight excluding hydrogens is 122 g/mol. The zero-order valence-electron chi connectivity index (χ0n) is 5.33. The summed E-state index contributed by atoms with van der Waals surface area (Å²) < 4.78 is 4.64. The summed E-state index contributed by atoms with van der Waals surface area (Å²) in [6, 6.07) is 0. The Hall–Kier alpha value is -0.610. The maximum atomic E-state index is 9.77. The summed E-state index contributed by atoms with van der Waals surface area (Å²) in [5.74, 6) is -0.775. The highest BCUT2D eigenvalue weighted by molar-refractivity contribution is 5.67. The molecule has 4 nitrogen and oxygen atoms in total. The number of carboxylic acid groups (broad SMARTS) is 1. The van der Waals surface area contributed by atoms with Gasteiger partial charge in [0.05, 0.1) is 19.1 Å². The third-order valence-corrected chi connectivity index (χ3v) is 0.805. The average Bonchev–Trinajstić information content (AvgIpc) is 2.55. The molecule has 1 aliphatic heterocycles. The molecule has 1 saturated heterocycles. The number of rotatable bonds is 2. The van der Waals surface area contributed by atoms with E-state index < -0.39 is 5.97 Å². The van der Waals surface area contributed by atoms with Gasteiger partial charge < -0.3 is 15.6 Å². The minimum absolute atomic E-state index is 0.0255. The highest BCUT2D eigenvalue weighted by Gasteiger charge is 2.24. The molecule has 0 aliphatic carbocycles. The number of hydrogen-bond donors (Lipinski definition) is 2. The molecule has 0 spiro atoms. The Morgan fingerprint density at radius 3 is 2.44 bits per heavy atom. The fourth-order valence-corrected chi connectivity index (χ4v) is 0.381. The molecule has 3 N–H and O–H groups in total. The van der Waals surface area contributed by atoms with Crippen LogP contribution in [-0.4, -0.2) is 30.8 Å². The first kappa shape index (κ1) is 8.39. The molecule has 0 amide bonds. The topological polar surface area (TPSA) is 75.9 Å². The summed E-state index contributed by atoms with van der Waals surface area (Å²) in [4.78, 5) is 9.77. The highest BCUT2D eigenvalue weighted by Crippen LogP contribution is 2.12. The number of carbonyl (C=O) groups is 1. The molecule has 9 heavy (non-hydrogen) atoms. The molecule has 0 aromatic heterocycles. The van der Waals surface area contributed by atoms with Crippen molar-refractivity contribution in [2.75, 3.05) is 13.7 Å². The normalized spacial score (nSPS) is 21.8. The van der Waals surface area contributed by atoms with Crippen LogP contribution in [-0.2, 0) is 9.53 Å². The van der Waals surface area contributed by atoms with E-state index in [1.165, 1.54) is 7.05 Å². The van der Waals surface area contributed by atoms with Crippen LogP contribution >= 0.6 is 0 Å². The summed E-state index contributed by atoms with van der Waals surface area (Å²) in [7, 11) is 1.50. The molecule has 54 valence electrons. The van der Waals surface area contributed by atoms with Crippen molar-refractivity contribution in [1.82, 2.24) is 0 Å². The van der Waals surface area contributed by atoms with E-state index >= 15 is 0 Å². The zero-order chi connectivity index (χ0) is 7.28. The minimum atomic E-state index is -0.775. The molecule has 1 fully saturated rings. The van der Waals surface area contributed by atoms with Gasteiger partial charge in [0, 0.05) is 0 Å². The van der Waals surface area contributed by atoms with E-state index in [0.29, 0.717) is 6.61 Å². The van der Waals surface area contributed by atoms with Crippen LogP contribution < -0.4 is 5.73 Å². The highest BCUT2D eigenvalue weighted by atomic mass is 16.6. The maximum absolute atomic E-state index is 9.77. The van der Waals surface area contributed by atoms with E-state index in [1.807, 2.05) is 0 Å². The second kappa shape index (κ2) is 4.29. The van der Waals surface area contributed by atoms with Crippen LogP contribution in [0.1, 0.15) is 6.42 Å². The Kier molecular flexibility index (Phi) is 4.00. The van der Waals surface area contributed by atoms with Gasteiger partial charge >= 0.3 is 5.97 Å². The largest absolute Gasteiger partial charge is 0.481 e. The second-order valence-corrected chi connectivity index (χ2v) is 1.55. The minimum Gasteiger partial charge on any atom is -0.481 e. The van der Waals surface area contributed by atoms with Crippen molar-refractivity contribution in [2.24, 2.45) is 5.73 Å². The average molecular weight is 133 g/mol. The van der Waals surface area contributed by atoms with E-state index in [1.54, 1.807) is 0 Å². The van der Waals surface area contributed by atoms with Crippen LogP contribution in [0.5, 0.6) is 0 Å². The first-order valence-electron chi connectivity index (χ1n) is 2.70. The third-order valence-electron chi connectivity index (χ3n) is 0.805. The first-order valence-corrected chi connectivity index (χ1v) is 2.70. The van der Waals surface area contributed by atoms with E-state index in [-0.39, 0.29) is 12.5 Å². The van der Waals surface area contributed by atoms with Crippen molar-refractivity contribution < 1.29 is 14.6 Å². The molecule has 0 aromatic rings. The maximum Gasteiger partial charge on any atom is 0.306 e. The van der Waals surface area contributed by atoms with Crippen LogP contribution in [0.25, 0.3) is 0 Å². The lowest BCUT2D eigenvalue weighted by Gasteiger charge is -1.80. The lowest BCUT2D eigenvalue weighted by atomic mass is 10.3. The summed E-state index contributed by atoms with van der Waals surface area (Å²) in [5.41, 5.74) is 4.50. The van der Waals surface area contributed by atoms with E-state index in [9.17, 15) is 4.79 Å². The summed E-state index contributed by atoms with van der Waals surface area (Å²) in [5, 5.41) is 8.04. The van der Waals surface area contributed by atoms with Crippen molar-refractivity contribution in [3.05, 3.63) is 0 Å². The molecule has 4 heteroatoms. The number of nitrogens with two attached hydrogens (primary N) is 1. The molecule has 0 bridgehead atoms. The third kappa shape index (κ3) is 5.26. The van der Waals surface area contributed by atoms with E-state index in [4.69, 9.17) is 5.11 Å². The van der Waals surface area contributed by atoms with Gasteiger partial charge in [0.15, 0.2) is 0 Å². The Labute approximate surface area is 53.6 Å². The van der Waals surface area contributed by atoms with Crippen molar-refractivity contribution in [3.8, 4) is 0 Å². The SMILES string of the molecule is CN.O=C(O)CC1CO1. The summed E-state index contributed by atoms with van der Waals surface area (Å²) >= 11 is 0. The van der Waals surface area contributed by atoms with Crippen molar-refractivity contribution in [1.29, 1.82) is 0 Å². The van der Waals surface area contributed by atoms with Gasteiger partial charge in [-0.2, -0.15) is 0 Å². The number of ether oxygens (including phenoxy) is 1. The Morgan fingerprint density at radius 2 is 2.33 bits per heavy atom. The van der Waals surface area contributed by atoms with Gasteiger partial charge in [0.2, 0.25) is 0 Å². The Bertz CT molecular complexity index is 90.2. The molecule has 1 heterocycles. The van der Waals surface area contributed by atoms with Gasteiger partial charge in [0.25, 0.3) is 0 Å². The number of carboxylic acids is 1. The molecule has 0 saturated carbocycles. The van der Waals surface area contributed by atoms with Gasteiger partial charge in [0.1, 0.15) is 0 Å². The predicted octanol–water partition coefficient (Wildman–Crippen LogP) is -0.565. The second-order valence-electron chi connectivity index (χ2n) is 1.55. The smallest absolute Gasteiger partial charge is 0.306 e. The fourth-order valence-electron chi connectivity index (χ4n) is 0.381. The van der Waals surface area contributed by atoms with Gasteiger partial charge in [-0.15, -0.1) is 0 Å². The molecule has 1 rings (SSSR count). The lowest BCUT2D eigenvalue weighted by molar-refractivity contribution is -0.137. The van der Waals surface area contributed by atoms with Gasteiger partial charge in [-0.3, -0.25) is 4.79 Å². The van der Waals surface area contributed by atoms with Crippen LogP contribution in [0.15, 0.2) is 0 Å². The quantitative estimate of drug-likeness (QED) is 0.495. The molecular formula is C5H11NO3. The van der Waals surface area contributed by atoms with E-state index in [2.05, 4.69) is 10.5 Å². The van der Waals surface area contributed by atoms with Crippen LogP contribution in [0.2, 0.25) is 0 Å². The monoisotopic (exact) mass is 133 g/mol. The van der Waals surface area contributed by atoms with E-state index in [0.717, 1.165) is 0 Å². The Morgan fingerprint density at radius 1 is 1.89 bits per heavy atom. The molecule has 1 unspecified atom stereocenters. The molecule has 0 radical (unpaired) electrons. The fraction of sp³-hybridized carbons (Fsp3) is 0.800.